The maximum Gasteiger partial charge on any atom is 0.148 e. The van der Waals surface area contributed by atoms with Crippen molar-refractivity contribution < 1.29 is 0 Å². The molecule has 3 nitrogen and oxygen atoms in total. The number of aromatic amines is 1. The largest absolute Gasteiger partial charge is 0.336 e. The van der Waals surface area contributed by atoms with Crippen LogP contribution in [0.2, 0.25) is 0 Å². The molecule has 0 spiro atoms. The van der Waals surface area contributed by atoms with Crippen LogP contribution < -0.4 is 0 Å². The molecular formula is C12H7N3S2. The van der Waals surface area contributed by atoms with Gasteiger partial charge < -0.3 is 4.98 Å². The van der Waals surface area contributed by atoms with E-state index >= 15 is 0 Å². The average Bonchev–Trinajstić information content (AvgIpc) is 3.01. The molecule has 82 valence electrons. The van der Waals surface area contributed by atoms with Gasteiger partial charge in [-0.15, -0.1) is 22.7 Å². The van der Waals surface area contributed by atoms with Crippen LogP contribution in [0, 0.1) is 0 Å². The normalized spacial score (nSPS) is 11.5. The van der Waals surface area contributed by atoms with E-state index in [0.717, 1.165) is 16.9 Å². The van der Waals surface area contributed by atoms with Crippen LogP contribution >= 0.6 is 22.7 Å². The summed E-state index contributed by atoms with van der Waals surface area (Å²) in [4.78, 5) is 13.2. The van der Waals surface area contributed by atoms with Gasteiger partial charge >= 0.3 is 0 Å². The van der Waals surface area contributed by atoms with Crippen molar-refractivity contribution in [3.63, 3.8) is 0 Å². The van der Waals surface area contributed by atoms with E-state index in [2.05, 4.69) is 32.5 Å². The predicted molar refractivity (Wildman–Crippen MR) is 72.6 cm³/mol. The molecule has 17 heavy (non-hydrogen) atoms. The minimum absolute atomic E-state index is 0.932. The number of hydrogen-bond acceptors (Lipinski definition) is 4. The lowest BCUT2D eigenvalue weighted by Gasteiger charge is -1.86. The third kappa shape index (κ3) is 1.40. The highest BCUT2D eigenvalue weighted by atomic mass is 32.1. The quantitative estimate of drug-likeness (QED) is 0.562. The summed E-state index contributed by atoms with van der Waals surface area (Å²) in [6, 6.07) is 6.26. The van der Waals surface area contributed by atoms with Crippen molar-refractivity contribution in [2.45, 2.75) is 0 Å². The smallest absolute Gasteiger partial charge is 0.148 e. The third-order valence-electron chi connectivity index (χ3n) is 2.66. The van der Waals surface area contributed by atoms with Crippen LogP contribution in [-0.4, -0.2) is 15.0 Å². The van der Waals surface area contributed by atoms with Gasteiger partial charge in [-0.3, -0.25) is 4.98 Å². The van der Waals surface area contributed by atoms with Crippen LogP contribution in [0.4, 0.5) is 0 Å². The van der Waals surface area contributed by atoms with Crippen LogP contribution in [0.5, 0.6) is 0 Å². The van der Waals surface area contributed by atoms with E-state index in [1.165, 1.54) is 14.3 Å². The zero-order chi connectivity index (χ0) is 11.2. The van der Waals surface area contributed by atoms with Crippen molar-refractivity contribution in [3.05, 3.63) is 36.0 Å². The van der Waals surface area contributed by atoms with Crippen molar-refractivity contribution in [1.29, 1.82) is 0 Å². The Morgan fingerprint density at radius 2 is 2.18 bits per heavy atom. The van der Waals surface area contributed by atoms with Gasteiger partial charge in [0.2, 0.25) is 0 Å². The van der Waals surface area contributed by atoms with E-state index < -0.39 is 0 Å². The molecule has 0 aliphatic heterocycles. The molecule has 0 saturated heterocycles. The summed E-state index contributed by atoms with van der Waals surface area (Å²) in [5.41, 5.74) is 1.95. The summed E-state index contributed by atoms with van der Waals surface area (Å²) < 4.78 is 2.65. The Hall–Kier alpha value is -1.72. The van der Waals surface area contributed by atoms with Gasteiger partial charge in [0.15, 0.2) is 0 Å². The highest BCUT2D eigenvalue weighted by Crippen LogP contribution is 2.35. The third-order valence-corrected chi connectivity index (χ3v) is 4.76. The van der Waals surface area contributed by atoms with Crippen molar-refractivity contribution in [2.24, 2.45) is 0 Å². The topological polar surface area (TPSA) is 41.6 Å². The second kappa shape index (κ2) is 3.38. The van der Waals surface area contributed by atoms with Crippen molar-refractivity contribution in [3.8, 4) is 10.7 Å². The standard InChI is InChI=1S/C12H7N3S2/c1-3-13-6-8-7(1)14-12(15-8)11-5-10-9(17-11)2-4-16-10/h1-6H,(H,14,15). The first-order valence-corrected chi connectivity index (χ1v) is 6.87. The number of rotatable bonds is 1. The van der Waals surface area contributed by atoms with E-state index in [1.54, 1.807) is 28.9 Å². The molecule has 0 aliphatic rings. The lowest BCUT2D eigenvalue weighted by molar-refractivity contribution is 1.34. The first-order valence-electron chi connectivity index (χ1n) is 5.17. The van der Waals surface area contributed by atoms with Crippen molar-refractivity contribution in [2.75, 3.05) is 0 Å². The predicted octanol–water partition coefficient (Wildman–Crippen LogP) is 3.90. The summed E-state index contributed by atoms with van der Waals surface area (Å²) in [6.45, 7) is 0. The van der Waals surface area contributed by atoms with E-state index in [-0.39, 0.29) is 0 Å². The molecule has 0 aliphatic carbocycles. The molecule has 4 aromatic heterocycles. The number of aromatic nitrogens is 3. The molecule has 1 N–H and O–H groups in total. The molecular weight excluding hydrogens is 250 g/mol. The summed E-state index contributed by atoms with van der Waals surface area (Å²) in [7, 11) is 0. The maximum absolute atomic E-state index is 4.58. The number of thiophene rings is 2. The summed E-state index contributed by atoms with van der Waals surface area (Å²) in [5.74, 6) is 0.932. The van der Waals surface area contributed by atoms with Gasteiger partial charge in [-0.2, -0.15) is 0 Å². The van der Waals surface area contributed by atoms with Crippen LogP contribution in [0.25, 0.3) is 31.1 Å². The maximum atomic E-state index is 4.58. The fraction of sp³-hybridized carbons (Fsp3) is 0. The summed E-state index contributed by atoms with van der Waals surface area (Å²) in [6.07, 6.45) is 3.57. The molecule has 0 fully saturated rings. The molecule has 0 atom stereocenters. The van der Waals surface area contributed by atoms with Crippen LogP contribution in [0.15, 0.2) is 36.0 Å². The molecule has 0 aromatic carbocycles. The molecule has 5 heteroatoms. The molecule has 4 heterocycles. The lowest BCUT2D eigenvalue weighted by Crippen LogP contribution is -1.72. The number of pyridine rings is 1. The summed E-state index contributed by atoms with van der Waals surface area (Å²) >= 11 is 3.53. The van der Waals surface area contributed by atoms with Crippen molar-refractivity contribution in [1.82, 2.24) is 15.0 Å². The number of imidazole rings is 1. The van der Waals surface area contributed by atoms with Crippen LogP contribution in [-0.2, 0) is 0 Å². The Labute approximate surface area is 105 Å². The van der Waals surface area contributed by atoms with E-state index in [1.807, 2.05) is 12.3 Å². The number of nitrogens with zero attached hydrogens (tertiary/aromatic N) is 2. The second-order valence-corrected chi connectivity index (χ2v) is 5.77. The Morgan fingerprint density at radius 3 is 3.06 bits per heavy atom. The number of H-pyrrole nitrogens is 1. The Morgan fingerprint density at radius 1 is 1.18 bits per heavy atom. The highest BCUT2D eigenvalue weighted by Gasteiger charge is 2.09. The van der Waals surface area contributed by atoms with E-state index in [4.69, 9.17) is 0 Å². The monoisotopic (exact) mass is 257 g/mol. The van der Waals surface area contributed by atoms with Gasteiger partial charge in [0.05, 0.1) is 22.1 Å². The zero-order valence-corrected chi connectivity index (χ0v) is 10.3. The molecule has 0 amide bonds. The van der Waals surface area contributed by atoms with Gasteiger partial charge in [-0.05, 0) is 23.6 Å². The Kier molecular flexibility index (Phi) is 1.86. The molecule has 4 aromatic rings. The van der Waals surface area contributed by atoms with E-state index in [0.29, 0.717) is 0 Å². The van der Waals surface area contributed by atoms with Crippen molar-refractivity contribution >= 4 is 43.1 Å². The molecule has 0 radical (unpaired) electrons. The van der Waals surface area contributed by atoms with Gasteiger partial charge in [0, 0.05) is 15.6 Å². The first-order chi connectivity index (χ1) is 8.40. The fourth-order valence-corrected chi connectivity index (χ4v) is 3.91. The second-order valence-electron chi connectivity index (χ2n) is 3.74. The number of fused-ring (bicyclic) bond motifs is 2. The average molecular weight is 257 g/mol. The Balaban J connectivity index is 1.95. The van der Waals surface area contributed by atoms with Gasteiger partial charge in [-0.1, -0.05) is 0 Å². The highest BCUT2D eigenvalue weighted by molar-refractivity contribution is 7.28. The fourth-order valence-electron chi connectivity index (χ4n) is 1.86. The minimum Gasteiger partial charge on any atom is -0.336 e. The van der Waals surface area contributed by atoms with Gasteiger partial charge in [-0.25, -0.2) is 4.98 Å². The molecule has 0 bridgehead atoms. The summed E-state index contributed by atoms with van der Waals surface area (Å²) in [5, 5.41) is 2.12. The van der Waals surface area contributed by atoms with E-state index in [9.17, 15) is 0 Å². The molecule has 0 saturated carbocycles. The Bertz CT molecular complexity index is 748. The van der Waals surface area contributed by atoms with Gasteiger partial charge in [0.25, 0.3) is 0 Å². The van der Waals surface area contributed by atoms with Crippen LogP contribution in [0.1, 0.15) is 0 Å². The SMILES string of the molecule is c1cc2nc(-c3cc4sccc4s3)[nH]c2cn1. The first kappa shape index (κ1) is 9.32. The zero-order valence-electron chi connectivity index (χ0n) is 8.68. The van der Waals surface area contributed by atoms with Gasteiger partial charge in [0.1, 0.15) is 5.82 Å². The van der Waals surface area contributed by atoms with Crippen LogP contribution in [0.3, 0.4) is 0 Å². The lowest BCUT2D eigenvalue weighted by atomic mass is 10.4. The number of hydrogen-bond donors (Lipinski definition) is 1. The molecule has 0 unspecified atom stereocenters. The molecule has 4 rings (SSSR count). The number of nitrogens with one attached hydrogen (secondary N) is 1. The minimum atomic E-state index is 0.932.